The van der Waals surface area contributed by atoms with Crippen LogP contribution in [0.1, 0.15) is 55.7 Å². The zero-order chi connectivity index (χ0) is 19.7. The number of hydrogen-bond donors (Lipinski definition) is 3. The summed E-state index contributed by atoms with van der Waals surface area (Å²) in [6.45, 7) is 7.07. The van der Waals surface area contributed by atoms with E-state index in [0.29, 0.717) is 24.0 Å². The lowest BCUT2D eigenvalue weighted by molar-refractivity contribution is -0.0788. The first-order valence-corrected chi connectivity index (χ1v) is 10.3. The van der Waals surface area contributed by atoms with E-state index in [4.69, 9.17) is 4.74 Å². The fourth-order valence-electron chi connectivity index (χ4n) is 4.44. The molecule has 152 valence electrons. The molecule has 3 heterocycles. The average Bonchev–Trinajstić information content (AvgIpc) is 3.29. The van der Waals surface area contributed by atoms with Gasteiger partial charge in [-0.1, -0.05) is 0 Å². The Morgan fingerprint density at radius 1 is 1.39 bits per heavy atom. The first-order valence-electron chi connectivity index (χ1n) is 10.3. The minimum absolute atomic E-state index is 0.0102. The molecule has 7 heteroatoms. The van der Waals surface area contributed by atoms with Crippen LogP contribution in [0.5, 0.6) is 0 Å². The van der Waals surface area contributed by atoms with Crippen molar-refractivity contribution in [3.05, 3.63) is 29.6 Å². The van der Waals surface area contributed by atoms with E-state index < -0.39 is 0 Å². The van der Waals surface area contributed by atoms with Crippen molar-refractivity contribution < 1.29 is 14.6 Å². The number of aliphatic hydroxyl groups excluding tert-OH is 1. The molecule has 7 nitrogen and oxygen atoms in total. The minimum Gasteiger partial charge on any atom is -0.388 e. The number of likely N-dealkylation sites (tertiary alicyclic amines) is 1. The van der Waals surface area contributed by atoms with Crippen molar-refractivity contribution in [1.82, 2.24) is 20.2 Å². The second-order valence-electron chi connectivity index (χ2n) is 8.37. The van der Waals surface area contributed by atoms with Crippen molar-refractivity contribution in [2.45, 2.75) is 63.9 Å². The van der Waals surface area contributed by atoms with E-state index in [9.17, 15) is 9.90 Å². The van der Waals surface area contributed by atoms with E-state index in [2.05, 4.69) is 34.0 Å². The molecule has 2 aliphatic rings. The predicted molar refractivity (Wildman–Crippen MR) is 107 cm³/mol. The average molecular weight is 386 g/mol. The highest BCUT2D eigenvalue weighted by Gasteiger charge is 2.42. The number of H-pyrrole nitrogens is 1. The monoisotopic (exact) mass is 386 g/mol. The van der Waals surface area contributed by atoms with Crippen LogP contribution < -0.4 is 5.32 Å². The van der Waals surface area contributed by atoms with E-state index in [-0.39, 0.29) is 24.2 Å². The first kappa shape index (κ1) is 19.4. The second-order valence-corrected chi connectivity index (χ2v) is 8.37. The summed E-state index contributed by atoms with van der Waals surface area (Å²) in [5.74, 6) is 0.391. The summed E-state index contributed by atoms with van der Waals surface area (Å²) in [4.78, 5) is 22.3. The molecule has 1 atom stereocenters. The Morgan fingerprint density at radius 2 is 2.18 bits per heavy atom. The van der Waals surface area contributed by atoms with Crippen LogP contribution in [0.4, 0.5) is 0 Å². The molecule has 0 radical (unpaired) electrons. The maximum atomic E-state index is 12.6. The number of piperidine rings is 1. The summed E-state index contributed by atoms with van der Waals surface area (Å²) in [6.07, 6.45) is 4.34. The fraction of sp³-hybridized carbons (Fsp3) is 0.619. The zero-order valence-electron chi connectivity index (χ0n) is 16.7. The van der Waals surface area contributed by atoms with E-state index in [1.807, 2.05) is 0 Å². The number of carbonyl (C=O) groups is 1. The normalized spacial score (nSPS) is 22.4. The molecule has 2 saturated heterocycles. The SMILES string of the molecule is CC(C)N1CCC2(CC[C@H](CNC(=O)c3ccc4nc(CO)[nH]c4c3)O2)CC1. The molecule has 3 N–H and O–H groups in total. The van der Waals surface area contributed by atoms with Crippen LogP contribution in [-0.4, -0.2) is 63.3 Å². The van der Waals surface area contributed by atoms with Gasteiger partial charge in [-0.2, -0.15) is 0 Å². The number of imidazole rings is 1. The summed E-state index contributed by atoms with van der Waals surface area (Å²) >= 11 is 0. The van der Waals surface area contributed by atoms with Crippen LogP contribution in [0.15, 0.2) is 18.2 Å². The Balaban J connectivity index is 1.31. The Kier molecular flexibility index (Phi) is 5.40. The molecule has 2 fully saturated rings. The number of nitrogens with zero attached hydrogens (tertiary/aromatic N) is 2. The standard InChI is InChI=1S/C21H30N4O3/c1-14(2)25-9-7-21(8-10-25)6-5-16(28-21)12-22-20(27)15-3-4-17-18(11-15)24-19(13-26)23-17/h3-4,11,14,16,26H,5-10,12-13H2,1-2H3,(H,22,27)(H,23,24)/t16-/m1/s1. The first-order chi connectivity index (χ1) is 13.5. The number of rotatable bonds is 5. The van der Waals surface area contributed by atoms with Gasteiger partial charge in [0.1, 0.15) is 12.4 Å². The Morgan fingerprint density at radius 3 is 2.89 bits per heavy atom. The van der Waals surface area contributed by atoms with Crippen molar-refractivity contribution in [2.75, 3.05) is 19.6 Å². The molecule has 1 aromatic carbocycles. The smallest absolute Gasteiger partial charge is 0.251 e. The fourth-order valence-corrected chi connectivity index (χ4v) is 4.44. The number of aromatic nitrogens is 2. The van der Waals surface area contributed by atoms with Crippen LogP contribution in [0.3, 0.4) is 0 Å². The Hall–Kier alpha value is -1.96. The number of benzene rings is 1. The van der Waals surface area contributed by atoms with Gasteiger partial charge in [-0.3, -0.25) is 4.79 Å². The summed E-state index contributed by atoms with van der Waals surface area (Å²) in [5, 5.41) is 12.2. The van der Waals surface area contributed by atoms with E-state index in [0.717, 1.165) is 49.8 Å². The lowest BCUT2D eigenvalue weighted by atomic mass is 9.88. The number of ether oxygens (including phenoxy) is 1. The third kappa shape index (κ3) is 3.92. The summed E-state index contributed by atoms with van der Waals surface area (Å²) < 4.78 is 6.41. The summed E-state index contributed by atoms with van der Waals surface area (Å²) in [7, 11) is 0. The van der Waals surface area contributed by atoms with Crippen molar-refractivity contribution in [2.24, 2.45) is 0 Å². The third-order valence-electron chi connectivity index (χ3n) is 6.21. The number of carbonyl (C=O) groups excluding carboxylic acids is 1. The summed E-state index contributed by atoms with van der Waals surface area (Å²) in [5.41, 5.74) is 2.09. The minimum atomic E-state index is -0.147. The molecule has 2 aromatic rings. The third-order valence-corrected chi connectivity index (χ3v) is 6.21. The van der Waals surface area contributed by atoms with Crippen LogP contribution in [0.25, 0.3) is 11.0 Å². The van der Waals surface area contributed by atoms with E-state index in [1.165, 1.54) is 0 Å². The van der Waals surface area contributed by atoms with Crippen molar-refractivity contribution in [3.63, 3.8) is 0 Å². The number of aromatic amines is 1. The van der Waals surface area contributed by atoms with Crippen molar-refractivity contribution in [1.29, 1.82) is 0 Å². The molecule has 0 unspecified atom stereocenters. The topological polar surface area (TPSA) is 90.5 Å². The van der Waals surface area contributed by atoms with Gasteiger partial charge in [0.2, 0.25) is 0 Å². The van der Waals surface area contributed by atoms with Crippen LogP contribution >= 0.6 is 0 Å². The number of amides is 1. The maximum Gasteiger partial charge on any atom is 0.251 e. The molecule has 0 aliphatic carbocycles. The molecule has 0 saturated carbocycles. The molecule has 1 spiro atoms. The van der Waals surface area contributed by atoms with Gasteiger partial charge in [0.05, 0.1) is 22.7 Å². The van der Waals surface area contributed by atoms with Crippen molar-refractivity contribution in [3.8, 4) is 0 Å². The second kappa shape index (κ2) is 7.81. The highest BCUT2D eigenvalue weighted by atomic mass is 16.5. The number of nitrogens with one attached hydrogen (secondary N) is 2. The molecule has 4 rings (SSSR count). The molecular formula is C21H30N4O3. The molecule has 1 aromatic heterocycles. The Labute approximate surface area is 165 Å². The molecular weight excluding hydrogens is 356 g/mol. The predicted octanol–water partition coefficient (Wildman–Crippen LogP) is 2.21. The van der Waals surface area contributed by atoms with Gasteiger partial charge >= 0.3 is 0 Å². The summed E-state index contributed by atoms with van der Waals surface area (Å²) in [6, 6.07) is 5.92. The largest absolute Gasteiger partial charge is 0.388 e. The van der Waals surface area contributed by atoms with Gasteiger partial charge in [0.15, 0.2) is 0 Å². The van der Waals surface area contributed by atoms with Gasteiger partial charge in [-0.25, -0.2) is 4.98 Å². The van der Waals surface area contributed by atoms with Crippen LogP contribution in [-0.2, 0) is 11.3 Å². The molecule has 28 heavy (non-hydrogen) atoms. The van der Waals surface area contributed by atoms with Gasteiger partial charge in [0, 0.05) is 31.2 Å². The van der Waals surface area contributed by atoms with Crippen LogP contribution in [0.2, 0.25) is 0 Å². The highest BCUT2D eigenvalue weighted by molar-refractivity contribution is 5.97. The van der Waals surface area contributed by atoms with Gasteiger partial charge in [-0.15, -0.1) is 0 Å². The number of fused-ring (bicyclic) bond motifs is 1. The molecule has 2 aliphatic heterocycles. The van der Waals surface area contributed by atoms with Crippen LogP contribution in [0, 0.1) is 0 Å². The number of hydrogen-bond acceptors (Lipinski definition) is 5. The zero-order valence-corrected chi connectivity index (χ0v) is 16.7. The van der Waals surface area contributed by atoms with Gasteiger partial charge in [-0.05, 0) is 57.7 Å². The Bertz CT molecular complexity index is 839. The molecule has 0 bridgehead atoms. The molecule has 1 amide bonds. The van der Waals surface area contributed by atoms with E-state index in [1.54, 1.807) is 18.2 Å². The van der Waals surface area contributed by atoms with Gasteiger partial charge < -0.3 is 25.0 Å². The highest BCUT2D eigenvalue weighted by Crippen LogP contribution is 2.39. The van der Waals surface area contributed by atoms with Crippen molar-refractivity contribution >= 4 is 16.9 Å². The lowest BCUT2D eigenvalue weighted by Gasteiger charge is -2.40. The van der Waals surface area contributed by atoms with Gasteiger partial charge in [0.25, 0.3) is 5.91 Å². The quantitative estimate of drug-likeness (QED) is 0.733. The maximum absolute atomic E-state index is 12.6. The lowest BCUT2D eigenvalue weighted by Crippen LogP contribution is -2.47. The van der Waals surface area contributed by atoms with E-state index >= 15 is 0 Å². The number of aliphatic hydroxyl groups is 1.